The van der Waals surface area contributed by atoms with E-state index in [4.69, 9.17) is 22.8 Å². The number of aliphatic hydroxyl groups is 2. The zero-order valence-corrected chi connectivity index (χ0v) is 15.4. The summed E-state index contributed by atoms with van der Waals surface area (Å²) in [5.74, 6) is -1.57. The maximum Gasteiger partial charge on any atom is 0.478 e. The summed E-state index contributed by atoms with van der Waals surface area (Å²) in [7, 11) is -1.98. The summed E-state index contributed by atoms with van der Waals surface area (Å²) in [6.45, 7) is -0.0284. The molecule has 10 nitrogen and oxygen atoms in total. The van der Waals surface area contributed by atoms with Crippen molar-refractivity contribution in [2.75, 3.05) is 6.79 Å². The van der Waals surface area contributed by atoms with Gasteiger partial charge in [0.25, 0.3) is 0 Å². The van der Waals surface area contributed by atoms with Crippen LogP contribution in [0.2, 0.25) is 0 Å². The van der Waals surface area contributed by atoms with Crippen molar-refractivity contribution in [1.29, 1.82) is 0 Å². The largest absolute Gasteiger partial charge is 0.507 e. The minimum absolute atomic E-state index is 0.0284. The van der Waals surface area contributed by atoms with Crippen molar-refractivity contribution in [1.82, 2.24) is 5.32 Å². The van der Waals surface area contributed by atoms with E-state index in [1.807, 2.05) is 9.47 Å². The Bertz CT molecular complexity index is 782. The van der Waals surface area contributed by atoms with Crippen molar-refractivity contribution < 1.29 is 42.4 Å². The Morgan fingerprint density at radius 1 is 1.31 bits per heavy atom. The van der Waals surface area contributed by atoms with Crippen LogP contribution in [0.1, 0.15) is 6.42 Å². The minimum atomic E-state index is -3.81. The van der Waals surface area contributed by atoms with E-state index in [1.54, 1.807) is 6.08 Å². The first-order valence-corrected chi connectivity index (χ1v) is 10.1. The third-order valence-corrected chi connectivity index (χ3v) is 7.68. The average Bonchev–Trinajstić information content (AvgIpc) is 3.21. The van der Waals surface area contributed by atoms with Crippen molar-refractivity contribution in [2.24, 2.45) is 17.8 Å². The lowest BCUT2D eigenvalue weighted by Crippen LogP contribution is -2.65. The van der Waals surface area contributed by atoms with Crippen LogP contribution >= 0.6 is 17.3 Å². The molecule has 3 heterocycles. The molecule has 0 aromatic heterocycles. The van der Waals surface area contributed by atoms with Crippen molar-refractivity contribution in [3.8, 4) is 0 Å². The van der Waals surface area contributed by atoms with Crippen molar-refractivity contribution in [3.63, 3.8) is 0 Å². The molecule has 4 fully saturated rings. The molecular weight excluding hydrogens is 388 g/mol. The molecule has 0 radical (unpaired) electrons. The molecule has 5 unspecified atom stereocenters. The lowest BCUT2D eigenvalue weighted by atomic mass is 9.64. The molecular formula is C14H17NO9P2. The topological polar surface area (TPSA) is 133 Å². The molecule has 1 amide bonds. The number of nitrogens with one attached hydrogen (secondary N) is 1. The van der Waals surface area contributed by atoms with Gasteiger partial charge in [0.1, 0.15) is 18.1 Å². The number of rotatable bonds is 1. The van der Waals surface area contributed by atoms with Crippen LogP contribution in [0, 0.1) is 17.8 Å². The zero-order chi connectivity index (χ0) is 18.2. The molecule has 1 saturated carbocycles. The van der Waals surface area contributed by atoms with Gasteiger partial charge in [0.15, 0.2) is 11.5 Å². The standard InChI is InChI=1S/C14H17NO9P2/c16-6-1-5-4-2-7-12(21-3-20-7)10(17)8(4)14(18)15-9(5)13-11(6)22-26(19,23-13)24-25/h2,4-6,8-9,11,13,16-17H,1,3,25H2,(H,15,18)/t4?,5?,6-,8?,9+,11+,13-,26?/m0/s1. The van der Waals surface area contributed by atoms with E-state index in [2.05, 4.69) is 5.32 Å². The molecule has 0 aromatic carbocycles. The van der Waals surface area contributed by atoms with Gasteiger partial charge in [0.05, 0.1) is 12.1 Å². The lowest BCUT2D eigenvalue weighted by molar-refractivity contribution is -0.139. The van der Waals surface area contributed by atoms with Gasteiger partial charge in [-0.3, -0.25) is 18.2 Å². The second-order valence-corrected chi connectivity index (χ2v) is 9.06. The third kappa shape index (κ3) is 2.24. The molecule has 0 bridgehead atoms. The highest BCUT2D eigenvalue weighted by atomic mass is 31.2. The normalized spacial score (nSPS) is 49.1. The first-order chi connectivity index (χ1) is 12.4. The Morgan fingerprint density at radius 3 is 2.85 bits per heavy atom. The summed E-state index contributed by atoms with van der Waals surface area (Å²) in [4.78, 5) is 12.7. The van der Waals surface area contributed by atoms with E-state index in [0.29, 0.717) is 5.76 Å². The molecule has 3 N–H and O–H groups in total. The number of allylic oxidation sites excluding steroid dienone is 1. The van der Waals surface area contributed by atoms with Crippen LogP contribution < -0.4 is 5.32 Å². The van der Waals surface area contributed by atoms with E-state index < -0.39 is 49.9 Å². The van der Waals surface area contributed by atoms with Gasteiger partial charge in [-0.25, -0.2) is 4.57 Å². The van der Waals surface area contributed by atoms with E-state index in [1.165, 1.54) is 0 Å². The fourth-order valence-electron chi connectivity index (χ4n) is 4.57. The number of carbonyl (C=O) groups excluding carboxylic acids is 1. The predicted octanol–water partition coefficient (Wildman–Crippen LogP) is 0.468. The quantitative estimate of drug-likeness (QED) is 0.533. The summed E-state index contributed by atoms with van der Waals surface area (Å²) >= 11 is 0. The number of phosphoric ester groups is 1. The maximum absolute atomic E-state index is 12.7. The van der Waals surface area contributed by atoms with Crippen LogP contribution in [0.3, 0.4) is 0 Å². The highest BCUT2D eigenvalue weighted by molar-refractivity contribution is 7.53. The molecule has 0 aromatic rings. The Balaban J connectivity index is 1.52. The number of aliphatic hydroxyl groups excluding tert-OH is 2. The number of hydrogen-bond donors (Lipinski definition) is 3. The number of phosphoric acid groups is 1. The van der Waals surface area contributed by atoms with Gasteiger partial charge in [-0.05, 0) is 18.4 Å². The summed E-state index contributed by atoms with van der Waals surface area (Å²) in [5.41, 5.74) is 0. The summed E-state index contributed by atoms with van der Waals surface area (Å²) in [6.07, 6.45) is -0.647. The first-order valence-electron chi connectivity index (χ1n) is 8.16. The van der Waals surface area contributed by atoms with Crippen LogP contribution in [-0.2, 0) is 32.2 Å². The lowest BCUT2D eigenvalue weighted by Gasteiger charge is -2.49. The average molecular weight is 405 g/mol. The molecule has 3 aliphatic heterocycles. The summed E-state index contributed by atoms with van der Waals surface area (Å²) in [6, 6.07) is -0.554. The molecule has 5 aliphatic rings. The van der Waals surface area contributed by atoms with Crippen LogP contribution in [0.5, 0.6) is 0 Å². The number of carbonyl (C=O) groups is 1. The zero-order valence-electron chi connectivity index (χ0n) is 13.3. The summed E-state index contributed by atoms with van der Waals surface area (Å²) in [5, 5.41) is 23.8. The molecule has 2 aliphatic carbocycles. The van der Waals surface area contributed by atoms with Gasteiger partial charge in [0.2, 0.25) is 18.5 Å². The SMILES string of the molecule is O=C1N[C@@H]2C(C[C@H](O)[C@H]3OP(=O)(OP)O[C@H]32)C2C=C3OCOC3=C(O)C12. The molecule has 3 saturated heterocycles. The van der Waals surface area contributed by atoms with E-state index in [0.717, 1.165) is 0 Å². The molecule has 142 valence electrons. The van der Waals surface area contributed by atoms with Gasteiger partial charge in [-0.1, -0.05) is 0 Å². The van der Waals surface area contributed by atoms with Gasteiger partial charge in [-0.2, -0.15) is 0 Å². The Labute approximate surface area is 150 Å². The second-order valence-electron chi connectivity index (χ2n) is 6.90. The van der Waals surface area contributed by atoms with Crippen molar-refractivity contribution >= 4 is 23.2 Å². The number of hydrogen-bond acceptors (Lipinski definition) is 9. The highest BCUT2D eigenvalue weighted by Gasteiger charge is 2.61. The second kappa shape index (κ2) is 5.67. The fourth-order valence-corrected chi connectivity index (χ4v) is 6.13. The van der Waals surface area contributed by atoms with E-state index in [9.17, 15) is 19.6 Å². The van der Waals surface area contributed by atoms with Gasteiger partial charge in [-0.15, -0.1) is 0 Å². The van der Waals surface area contributed by atoms with Crippen molar-refractivity contribution in [2.45, 2.75) is 30.8 Å². The predicted molar refractivity (Wildman–Crippen MR) is 85.9 cm³/mol. The van der Waals surface area contributed by atoms with Gasteiger partial charge >= 0.3 is 7.82 Å². The van der Waals surface area contributed by atoms with Crippen LogP contribution in [-0.4, -0.2) is 47.3 Å². The molecule has 12 heteroatoms. The highest BCUT2D eigenvalue weighted by Crippen LogP contribution is 2.62. The molecule has 9 atom stereocenters. The minimum Gasteiger partial charge on any atom is -0.507 e. The van der Waals surface area contributed by atoms with E-state index in [-0.39, 0.29) is 30.6 Å². The fraction of sp³-hybridized carbons (Fsp3) is 0.643. The smallest absolute Gasteiger partial charge is 0.478 e. The number of amides is 1. The summed E-state index contributed by atoms with van der Waals surface area (Å²) < 4.78 is 38.4. The number of fused-ring (bicyclic) bond motifs is 6. The van der Waals surface area contributed by atoms with Gasteiger partial charge < -0.3 is 25.0 Å². The number of piperidine rings is 1. The Morgan fingerprint density at radius 2 is 2.08 bits per heavy atom. The maximum atomic E-state index is 12.7. The third-order valence-electron chi connectivity index (χ3n) is 5.65. The molecule has 0 spiro atoms. The van der Waals surface area contributed by atoms with Crippen molar-refractivity contribution in [3.05, 3.63) is 23.4 Å². The monoisotopic (exact) mass is 405 g/mol. The van der Waals surface area contributed by atoms with Crippen LogP contribution in [0.25, 0.3) is 0 Å². The molecule has 26 heavy (non-hydrogen) atoms. The first kappa shape index (κ1) is 17.0. The van der Waals surface area contributed by atoms with Crippen LogP contribution in [0.4, 0.5) is 0 Å². The molecule has 5 rings (SSSR count). The van der Waals surface area contributed by atoms with Gasteiger partial charge in [0, 0.05) is 15.4 Å². The number of ether oxygens (including phenoxy) is 2. The Hall–Kier alpha value is -1.15. The Kier molecular flexibility index (Phi) is 3.71. The van der Waals surface area contributed by atoms with E-state index >= 15 is 0 Å². The van der Waals surface area contributed by atoms with Crippen LogP contribution in [0.15, 0.2) is 23.4 Å².